The van der Waals surface area contributed by atoms with Crippen LogP contribution in [0.5, 0.6) is 0 Å². The van der Waals surface area contributed by atoms with Crippen LogP contribution in [0.4, 0.5) is 0 Å². The largest absolute Gasteiger partial charge is 0.283 e. The summed E-state index contributed by atoms with van der Waals surface area (Å²) in [5.74, 6) is 0. The molecule has 0 unspecified atom stereocenters. The number of hydrogen-bond donors (Lipinski definition) is 0. The van der Waals surface area contributed by atoms with Gasteiger partial charge in [0, 0.05) is 5.69 Å². The van der Waals surface area contributed by atoms with Crippen LogP contribution in [0.2, 0.25) is 0 Å². The van der Waals surface area contributed by atoms with E-state index in [2.05, 4.69) is 15.2 Å². The zero-order valence-electron chi connectivity index (χ0n) is 6.44. The van der Waals surface area contributed by atoms with Crippen LogP contribution in [-0.4, -0.2) is 19.6 Å². The number of nitrogens with zero attached hydrogens (tertiary/aromatic N) is 4. The molecule has 0 spiro atoms. The molecule has 0 bridgehead atoms. The molecule has 2 aromatic rings. The van der Waals surface area contributed by atoms with Crippen molar-refractivity contribution < 1.29 is 0 Å². The highest BCUT2D eigenvalue weighted by Crippen LogP contribution is 2.04. The second kappa shape index (κ2) is 2.02. The third kappa shape index (κ3) is 0.790. The molecule has 0 atom stereocenters. The Hall–Kier alpha value is -1.45. The average Bonchev–Trinajstić information content (AvgIpc) is 2.45. The topological polar surface area (TPSA) is 43.1 Å². The Morgan fingerprint density at radius 3 is 3.00 bits per heavy atom. The summed E-state index contributed by atoms with van der Waals surface area (Å²) in [5.41, 5.74) is 2.90. The summed E-state index contributed by atoms with van der Waals surface area (Å²) < 4.78 is 1.92. The highest BCUT2D eigenvalue weighted by atomic mass is 15.2. The van der Waals surface area contributed by atoms with Crippen molar-refractivity contribution in [3.05, 3.63) is 23.9 Å². The minimum Gasteiger partial charge on any atom is -0.283 e. The van der Waals surface area contributed by atoms with Crippen LogP contribution in [0, 0.1) is 13.8 Å². The van der Waals surface area contributed by atoms with Crippen molar-refractivity contribution in [3.63, 3.8) is 0 Å². The summed E-state index contributed by atoms with van der Waals surface area (Å²) in [6.45, 7) is 3.97. The van der Waals surface area contributed by atoms with Crippen LogP contribution in [0.1, 0.15) is 11.4 Å². The van der Waals surface area contributed by atoms with Crippen molar-refractivity contribution >= 4 is 5.65 Å². The van der Waals surface area contributed by atoms with Crippen molar-refractivity contribution in [2.75, 3.05) is 0 Å². The van der Waals surface area contributed by atoms with E-state index in [1.165, 1.54) is 0 Å². The Kier molecular flexibility index (Phi) is 1.15. The third-order valence-corrected chi connectivity index (χ3v) is 1.83. The maximum atomic E-state index is 4.16. The molecule has 0 amide bonds. The van der Waals surface area contributed by atoms with Crippen LogP contribution in [0.25, 0.3) is 5.65 Å². The summed E-state index contributed by atoms with van der Waals surface area (Å²) in [4.78, 5) is 4.16. The fraction of sp³-hybridized carbons (Fsp3) is 0.286. The fourth-order valence-corrected chi connectivity index (χ4v) is 1.01. The lowest BCUT2D eigenvalue weighted by molar-refractivity contribution is 0.994. The van der Waals surface area contributed by atoms with E-state index >= 15 is 0 Å². The van der Waals surface area contributed by atoms with Gasteiger partial charge in [-0.3, -0.25) is 9.38 Å². The predicted molar refractivity (Wildman–Crippen MR) is 40.3 cm³/mol. The van der Waals surface area contributed by atoms with Gasteiger partial charge in [0.15, 0.2) is 5.65 Å². The van der Waals surface area contributed by atoms with Gasteiger partial charge >= 0.3 is 0 Å². The summed E-state index contributed by atoms with van der Waals surface area (Å²) >= 11 is 0. The molecule has 11 heavy (non-hydrogen) atoms. The van der Waals surface area contributed by atoms with Gasteiger partial charge in [0.1, 0.15) is 6.33 Å². The fourth-order valence-electron chi connectivity index (χ4n) is 1.01. The van der Waals surface area contributed by atoms with E-state index in [4.69, 9.17) is 0 Å². The lowest BCUT2D eigenvalue weighted by atomic mass is 10.3. The SMILES string of the molecule is Cc1ncc2nncn2c1C. The van der Waals surface area contributed by atoms with E-state index in [0.29, 0.717) is 0 Å². The molecular formula is C7H8N4. The minimum atomic E-state index is 0.799. The molecular weight excluding hydrogens is 140 g/mol. The molecule has 4 nitrogen and oxygen atoms in total. The molecule has 0 aliphatic heterocycles. The molecule has 0 saturated carbocycles. The zero-order chi connectivity index (χ0) is 7.84. The van der Waals surface area contributed by atoms with Gasteiger partial charge in [-0.05, 0) is 13.8 Å². The first-order valence-corrected chi connectivity index (χ1v) is 3.41. The molecule has 0 aliphatic rings. The maximum absolute atomic E-state index is 4.16. The quantitative estimate of drug-likeness (QED) is 0.553. The first kappa shape index (κ1) is 6.27. The molecule has 0 fully saturated rings. The van der Waals surface area contributed by atoms with Crippen molar-refractivity contribution in [3.8, 4) is 0 Å². The van der Waals surface area contributed by atoms with E-state index in [-0.39, 0.29) is 0 Å². The van der Waals surface area contributed by atoms with Crippen LogP contribution in [0.3, 0.4) is 0 Å². The van der Waals surface area contributed by atoms with Gasteiger partial charge < -0.3 is 0 Å². The minimum absolute atomic E-state index is 0.799. The zero-order valence-corrected chi connectivity index (χ0v) is 6.44. The molecule has 0 aromatic carbocycles. The predicted octanol–water partition coefficient (Wildman–Crippen LogP) is 0.741. The molecule has 0 aliphatic carbocycles. The average molecular weight is 148 g/mol. The van der Waals surface area contributed by atoms with Crippen molar-refractivity contribution in [2.45, 2.75) is 13.8 Å². The van der Waals surface area contributed by atoms with Gasteiger partial charge in [-0.15, -0.1) is 10.2 Å². The van der Waals surface area contributed by atoms with E-state index in [0.717, 1.165) is 17.0 Å². The molecule has 2 aromatic heterocycles. The van der Waals surface area contributed by atoms with E-state index in [1.807, 2.05) is 18.2 Å². The highest BCUT2D eigenvalue weighted by Gasteiger charge is 2.00. The molecule has 2 rings (SSSR count). The highest BCUT2D eigenvalue weighted by molar-refractivity contribution is 5.35. The monoisotopic (exact) mass is 148 g/mol. The van der Waals surface area contributed by atoms with Crippen molar-refractivity contribution in [1.29, 1.82) is 0 Å². The second-order valence-corrected chi connectivity index (χ2v) is 2.49. The third-order valence-electron chi connectivity index (χ3n) is 1.83. The molecule has 0 N–H and O–H groups in total. The summed E-state index contributed by atoms with van der Waals surface area (Å²) in [6, 6.07) is 0. The summed E-state index contributed by atoms with van der Waals surface area (Å²) in [5, 5.41) is 7.65. The summed E-state index contributed by atoms with van der Waals surface area (Å²) in [7, 11) is 0. The lowest BCUT2D eigenvalue weighted by Crippen LogP contribution is -1.95. The van der Waals surface area contributed by atoms with Gasteiger partial charge in [0.2, 0.25) is 0 Å². The summed E-state index contributed by atoms with van der Waals surface area (Å²) in [6.07, 6.45) is 3.41. The first-order valence-electron chi connectivity index (χ1n) is 3.41. The van der Waals surface area contributed by atoms with Gasteiger partial charge in [-0.1, -0.05) is 0 Å². The van der Waals surface area contributed by atoms with Gasteiger partial charge in [-0.2, -0.15) is 0 Å². The molecule has 0 radical (unpaired) electrons. The van der Waals surface area contributed by atoms with E-state index in [1.54, 1.807) is 12.5 Å². The van der Waals surface area contributed by atoms with Crippen LogP contribution < -0.4 is 0 Å². The molecule has 0 saturated heterocycles. The first-order chi connectivity index (χ1) is 5.29. The second-order valence-electron chi connectivity index (χ2n) is 2.49. The Balaban J connectivity index is 2.93. The number of hydrogen-bond acceptors (Lipinski definition) is 3. The van der Waals surface area contributed by atoms with Gasteiger partial charge in [-0.25, -0.2) is 0 Å². The number of fused-ring (bicyclic) bond motifs is 1. The van der Waals surface area contributed by atoms with Gasteiger partial charge in [0.25, 0.3) is 0 Å². The van der Waals surface area contributed by atoms with Crippen molar-refractivity contribution in [2.24, 2.45) is 0 Å². The molecule has 56 valence electrons. The molecule has 2 heterocycles. The lowest BCUT2D eigenvalue weighted by Gasteiger charge is -1.99. The van der Waals surface area contributed by atoms with E-state index in [9.17, 15) is 0 Å². The van der Waals surface area contributed by atoms with E-state index < -0.39 is 0 Å². The maximum Gasteiger partial charge on any atom is 0.179 e. The normalized spacial score (nSPS) is 10.7. The smallest absolute Gasteiger partial charge is 0.179 e. The Morgan fingerprint density at radius 2 is 2.18 bits per heavy atom. The number of rotatable bonds is 0. The Morgan fingerprint density at radius 1 is 1.36 bits per heavy atom. The van der Waals surface area contributed by atoms with Crippen LogP contribution in [-0.2, 0) is 0 Å². The Labute approximate surface area is 63.9 Å². The Bertz CT molecular complexity index is 390. The van der Waals surface area contributed by atoms with Gasteiger partial charge in [0.05, 0.1) is 11.9 Å². The number of aromatic nitrogens is 4. The van der Waals surface area contributed by atoms with Crippen molar-refractivity contribution in [1.82, 2.24) is 19.6 Å². The standard InChI is InChI=1S/C7H8N4/c1-5-6(2)11-4-9-10-7(11)3-8-5/h3-4H,1-2H3. The van der Waals surface area contributed by atoms with Crippen LogP contribution in [0.15, 0.2) is 12.5 Å². The van der Waals surface area contributed by atoms with Crippen LogP contribution >= 0.6 is 0 Å². The molecule has 4 heteroatoms. The number of aryl methyl sites for hydroxylation is 2.